The average molecular weight is 1380 g/mol. The molecular formula is C37H112I2O25Si6. The molecule has 448 valence electrons. The van der Waals surface area contributed by atoms with Gasteiger partial charge in [0.1, 0.15) is 0 Å². The lowest BCUT2D eigenvalue weighted by Crippen LogP contribution is -2.42. The van der Waals surface area contributed by atoms with Crippen LogP contribution in [0.2, 0.25) is 24.2 Å². The predicted molar refractivity (Wildman–Crippen MR) is 306 cm³/mol. The molecule has 0 unspecified atom stereocenters. The van der Waals surface area contributed by atoms with Crippen LogP contribution in [0.4, 0.5) is 0 Å². The predicted octanol–water partition coefficient (Wildman–Crippen LogP) is 3.47. The lowest BCUT2D eigenvalue weighted by Gasteiger charge is -2.23. The standard InChI is InChI=1S/2C6H15IO3Si.2C5H14O3Si.3C2H6.9CH4O.2O2Si/c2*1-8-11(9-2,10-3)6-4-5-7;2*1-5-9(6-2,7-3)8-4;12*1-2;2*1-3-2/h2*4-6H2,1-3H3;2*5H2,1-4H3;3*1-2H3;9*2H,1H3;;. The highest BCUT2D eigenvalue weighted by molar-refractivity contribution is 14.1. The highest BCUT2D eigenvalue weighted by atomic mass is 127. The molecule has 0 aliphatic carbocycles. The van der Waals surface area contributed by atoms with Gasteiger partial charge < -0.3 is 99.1 Å². The molecule has 70 heavy (non-hydrogen) atoms. The fourth-order valence-electron chi connectivity index (χ4n) is 3.05. The second kappa shape index (κ2) is 151. The minimum Gasteiger partial charge on any atom is -0.400 e. The van der Waals surface area contributed by atoms with Crippen LogP contribution < -0.4 is 0 Å². The first kappa shape index (κ1) is 124. The Morgan fingerprint density at radius 2 is 0.400 bits per heavy atom. The summed E-state index contributed by atoms with van der Waals surface area (Å²) in [5, 5.41) is 63.0. The van der Waals surface area contributed by atoms with Crippen molar-refractivity contribution in [1.82, 2.24) is 0 Å². The number of hydrogen-bond donors (Lipinski definition) is 9. The molecule has 0 heterocycles. The second-order valence-corrected chi connectivity index (χ2v) is 22.9. The van der Waals surface area contributed by atoms with Gasteiger partial charge in [0.2, 0.25) is 0 Å². The molecule has 0 aliphatic rings. The fourth-order valence-corrected chi connectivity index (χ4v) is 11.4. The summed E-state index contributed by atoms with van der Waals surface area (Å²) in [6, 6.07) is 3.44. The molecule has 0 aromatic carbocycles. The molecule has 0 amide bonds. The first-order valence-corrected chi connectivity index (χ1v) is 33.0. The Morgan fingerprint density at radius 1 is 0.300 bits per heavy atom. The van der Waals surface area contributed by atoms with E-state index < -0.39 is 53.8 Å². The van der Waals surface area contributed by atoms with Gasteiger partial charge in [-0.3, -0.25) is 17.8 Å². The quantitative estimate of drug-likeness (QED) is 0.0479. The van der Waals surface area contributed by atoms with Crippen LogP contribution in [0.3, 0.4) is 0 Å². The molecule has 0 saturated heterocycles. The summed E-state index contributed by atoms with van der Waals surface area (Å²) in [5.74, 6) is 0. The molecule has 0 rings (SSSR count). The van der Waals surface area contributed by atoms with Crippen molar-refractivity contribution in [2.75, 3.05) is 158 Å². The van der Waals surface area contributed by atoms with Gasteiger partial charge in [0, 0.05) is 173 Å². The van der Waals surface area contributed by atoms with E-state index in [2.05, 4.69) is 45.2 Å². The minimum atomic E-state index is -2.24. The SMILES string of the molecule is CC.CC.CC.CC[Si](OC)(OC)OC.CC[Si](OC)(OC)OC.CO.CO.CO.CO.CO.CO.CO.CO.CO.CO[Si](CCCI)(OC)OC.CO[Si](CCCI)(OC)OC.O=[Si]=O.O=[Si]=O. The molecule has 0 radical (unpaired) electrons. The summed E-state index contributed by atoms with van der Waals surface area (Å²) in [7, 11) is 16.9. The van der Waals surface area contributed by atoms with Gasteiger partial charge in [-0.25, -0.2) is 0 Å². The van der Waals surface area contributed by atoms with Crippen molar-refractivity contribution in [3.05, 3.63) is 0 Å². The zero-order chi connectivity index (χ0) is 61.6. The number of alkyl halides is 2. The maximum atomic E-state index is 8.40. The van der Waals surface area contributed by atoms with Crippen molar-refractivity contribution in [2.24, 2.45) is 0 Å². The smallest absolute Gasteiger partial charge is 0.400 e. The van der Waals surface area contributed by atoms with Crippen LogP contribution in [0.5, 0.6) is 0 Å². The molecule has 0 aromatic heterocycles. The van der Waals surface area contributed by atoms with E-state index in [-0.39, 0.29) is 0 Å². The average Bonchev–Trinajstić information content (AvgIpc) is 3.49. The van der Waals surface area contributed by atoms with Gasteiger partial charge in [-0.2, -0.15) is 0 Å². The first-order chi connectivity index (χ1) is 33.8. The van der Waals surface area contributed by atoms with Gasteiger partial charge in [-0.05, 0) is 21.7 Å². The summed E-state index contributed by atoms with van der Waals surface area (Å²) >= 11 is 4.66. The Labute approximate surface area is 463 Å². The van der Waals surface area contributed by atoms with Crippen molar-refractivity contribution in [2.45, 2.75) is 92.4 Å². The zero-order valence-electron chi connectivity index (χ0n) is 49.0. The zero-order valence-corrected chi connectivity index (χ0v) is 59.3. The summed E-state index contributed by atoms with van der Waals surface area (Å²) in [4.78, 5) is 0. The summed E-state index contributed by atoms with van der Waals surface area (Å²) in [6.07, 6.45) is 2.17. The summed E-state index contributed by atoms with van der Waals surface area (Å²) in [5.41, 5.74) is 0. The third-order valence-electron chi connectivity index (χ3n) is 5.83. The molecular weight excluding hydrogens is 1270 g/mol. The van der Waals surface area contributed by atoms with Gasteiger partial charge in [0.15, 0.2) is 0 Å². The fraction of sp³-hybridized carbons (Fsp3) is 1.00. The van der Waals surface area contributed by atoms with E-state index in [9.17, 15) is 0 Å². The van der Waals surface area contributed by atoms with Crippen LogP contribution in [-0.4, -0.2) is 258 Å². The molecule has 0 fully saturated rings. The molecule has 0 saturated carbocycles. The van der Waals surface area contributed by atoms with Crippen LogP contribution in [0.25, 0.3) is 0 Å². The van der Waals surface area contributed by atoms with Gasteiger partial charge in [-0.1, -0.05) is 101 Å². The van der Waals surface area contributed by atoms with E-state index in [1.54, 1.807) is 85.3 Å². The van der Waals surface area contributed by atoms with Crippen molar-refractivity contribution in [1.29, 1.82) is 0 Å². The van der Waals surface area contributed by atoms with Crippen LogP contribution in [0, 0.1) is 0 Å². The first-order valence-electron chi connectivity index (χ1n) is 20.6. The molecule has 0 aliphatic heterocycles. The van der Waals surface area contributed by atoms with Gasteiger partial charge in [0.25, 0.3) is 0 Å². The molecule has 0 spiro atoms. The topological polar surface area (TPSA) is 361 Å². The van der Waals surface area contributed by atoms with Crippen LogP contribution in [0.1, 0.15) is 68.2 Å². The largest absolute Gasteiger partial charge is 0.549 e. The summed E-state index contributed by atoms with van der Waals surface area (Å²) in [6.45, 7) is 16.0. The Balaban J connectivity index is -0.0000000272. The Bertz CT molecular complexity index is 602. The van der Waals surface area contributed by atoms with Gasteiger partial charge in [0.05, 0.1) is 0 Å². The third-order valence-corrected chi connectivity index (χ3v) is 18.5. The highest BCUT2D eigenvalue weighted by Crippen LogP contribution is 2.16. The normalized spacial score (nSPS) is 8.11. The Kier molecular flexibility index (Phi) is 267. The monoisotopic (exact) mass is 1380 g/mol. The van der Waals surface area contributed by atoms with Crippen LogP contribution >= 0.6 is 45.2 Å². The van der Waals surface area contributed by atoms with E-state index in [0.29, 0.717) is 0 Å². The van der Waals surface area contributed by atoms with E-state index >= 15 is 0 Å². The number of rotatable bonds is 20. The summed E-state index contributed by atoms with van der Waals surface area (Å²) < 4.78 is 97.7. The van der Waals surface area contributed by atoms with E-state index in [0.717, 1.165) is 110 Å². The lowest BCUT2D eigenvalue weighted by atomic mass is 10.6. The molecule has 9 N–H and O–H groups in total. The van der Waals surface area contributed by atoms with Crippen molar-refractivity contribution < 1.29 is 117 Å². The van der Waals surface area contributed by atoms with Crippen LogP contribution in [-0.2, 0) is 71.0 Å². The van der Waals surface area contributed by atoms with E-state index in [4.69, 9.17) is 117 Å². The molecule has 0 aromatic rings. The number of hydrogen-bond acceptors (Lipinski definition) is 25. The molecule has 0 atom stereocenters. The van der Waals surface area contributed by atoms with Gasteiger partial charge >= 0.3 is 53.8 Å². The van der Waals surface area contributed by atoms with Crippen molar-refractivity contribution >= 4 is 99.0 Å². The highest BCUT2D eigenvalue weighted by Gasteiger charge is 2.38. The maximum absolute atomic E-state index is 8.40. The maximum Gasteiger partial charge on any atom is 0.549 e. The number of aliphatic hydroxyl groups excluding tert-OH is 9. The number of aliphatic hydroxyl groups is 9. The van der Waals surface area contributed by atoms with Crippen molar-refractivity contribution in [3.63, 3.8) is 0 Å². The van der Waals surface area contributed by atoms with Gasteiger partial charge in [-0.15, -0.1) is 0 Å². The Morgan fingerprint density at radius 3 is 0.443 bits per heavy atom. The minimum absolute atomic E-state index is 0.816. The molecule has 33 heteroatoms. The Hall–Kier alpha value is 1.12. The lowest BCUT2D eigenvalue weighted by molar-refractivity contribution is 0.123. The van der Waals surface area contributed by atoms with Crippen molar-refractivity contribution in [3.8, 4) is 0 Å². The second-order valence-electron chi connectivity index (χ2n) is 7.64. The third kappa shape index (κ3) is 114. The molecule has 0 bridgehead atoms. The molecule has 25 nitrogen and oxygen atoms in total. The number of halogens is 2. The van der Waals surface area contributed by atoms with Crippen LogP contribution in [0.15, 0.2) is 0 Å². The van der Waals surface area contributed by atoms with E-state index in [1.165, 1.54) is 0 Å². The van der Waals surface area contributed by atoms with E-state index in [1.807, 2.05) is 55.4 Å².